The molecule has 19 heavy (non-hydrogen) atoms. The molecule has 1 atom stereocenters. The summed E-state index contributed by atoms with van der Waals surface area (Å²) in [6.45, 7) is 0. The van der Waals surface area contributed by atoms with Crippen molar-refractivity contribution in [2.24, 2.45) is 5.73 Å². The summed E-state index contributed by atoms with van der Waals surface area (Å²) in [6.07, 6.45) is 5.10. The molecule has 0 radical (unpaired) electrons. The maximum absolute atomic E-state index is 14.0. The van der Waals surface area contributed by atoms with Gasteiger partial charge in [0, 0.05) is 11.6 Å². The Bertz CT molecular complexity index is 442. The number of nitrogens with zero attached hydrogens (tertiary/aromatic N) is 1. The normalized spacial score (nSPS) is 19.9. The van der Waals surface area contributed by atoms with Gasteiger partial charge in [0.2, 0.25) is 0 Å². The van der Waals surface area contributed by atoms with Crippen LogP contribution in [0.5, 0.6) is 0 Å². The molecule has 0 spiro atoms. The van der Waals surface area contributed by atoms with Crippen LogP contribution in [0.4, 0.5) is 4.39 Å². The molecular formula is C15H22ClFN2. The number of nitrogens with two attached hydrogens (primary N) is 1. The Balaban J connectivity index is 2.20. The fourth-order valence-electron chi connectivity index (χ4n) is 3.27. The predicted octanol–water partition coefficient (Wildman–Crippen LogP) is 3.22. The molecule has 0 aliphatic heterocycles. The first kappa shape index (κ1) is 14.8. The molecule has 1 aromatic carbocycles. The van der Waals surface area contributed by atoms with Crippen molar-refractivity contribution in [3.63, 3.8) is 0 Å². The Hall–Kier alpha value is -0.640. The van der Waals surface area contributed by atoms with Crippen LogP contribution in [0.3, 0.4) is 0 Å². The highest BCUT2D eigenvalue weighted by molar-refractivity contribution is 6.30. The molecule has 0 saturated heterocycles. The van der Waals surface area contributed by atoms with Gasteiger partial charge in [0.25, 0.3) is 0 Å². The minimum atomic E-state index is -0.327. The number of benzene rings is 1. The molecule has 0 aromatic heterocycles. The summed E-state index contributed by atoms with van der Waals surface area (Å²) >= 11 is 5.83. The maximum atomic E-state index is 14.0. The molecule has 2 nitrogen and oxygen atoms in total. The molecule has 0 bridgehead atoms. The number of likely N-dealkylation sites (N-methyl/N-ethyl adjacent to an activating group) is 1. The van der Waals surface area contributed by atoms with Gasteiger partial charge in [-0.2, -0.15) is 0 Å². The molecule has 1 unspecified atom stereocenters. The van der Waals surface area contributed by atoms with E-state index in [4.69, 9.17) is 17.3 Å². The quantitative estimate of drug-likeness (QED) is 0.920. The van der Waals surface area contributed by atoms with Gasteiger partial charge in [-0.15, -0.1) is 0 Å². The highest BCUT2D eigenvalue weighted by atomic mass is 35.5. The summed E-state index contributed by atoms with van der Waals surface area (Å²) in [7, 11) is 4.14. The average molecular weight is 285 g/mol. The van der Waals surface area contributed by atoms with Crippen LogP contribution in [-0.4, -0.2) is 30.6 Å². The summed E-state index contributed by atoms with van der Waals surface area (Å²) in [5.41, 5.74) is 7.03. The molecule has 0 heterocycles. The lowest BCUT2D eigenvalue weighted by Crippen LogP contribution is -2.56. The molecule has 1 aliphatic rings. The summed E-state index contributed by atoms with van der Waals surface area (Å²) in [5, 5.41) is 0.176. The summed E-state index contributed by atoms with van der Waals surface area (Å²) in [6, 6.07) is 5.06. The third-order valence-electron chi connectivity index (χ3n) is 4.52. The first-order chi connectivity index (χ1) is 8.97. The predicted molar refractivity (Wildman–Crippen MR) is 78.0 cm³/mol. The minimum absolute atomic E-state index is 0.00520. The van der Waals surface area contributed by atoms with Crippen molar-refractivity contribution in [2.45, 2.75) is 43.7 Å². The second kappa shape index (κ2) is 5.78. The van der Waals surface area contributed by atoms with Gasteiger partial charge in [-0.1, -0.05) is 36.6 Å². The van der Waals surface area contributed by atoms with Crippen molar-refractivity contribution in [1.82, 2.24) is 4.90 Å². The van der Waals surface area contributed by atoms with Crippen LogP contribution in [0.1, 0.15) is 31.2 Å². The van der Waals surface area contributed by atoms with Crippen LogP contribution in [0.15, 0.2) is 18.2 Å². The Kier molecular flexibility index (Phi) is 4.49. The lowest BCUT2D eigenvalue weighted by atomic mass is 9.83. The lowest BCUT2D eigenvalue weighted by Gasteiger charge is -2.41. The Morgan fingerprint density at radius 2 is 2.00 bits per heavy atom. The van der Waals surface area contributed by atoms with E-state index in [2.05, 4.69) is 19.0 Å². The van der Waals surface area contributed by atoms with E-state index < -0.39 is 0 Å². The van der Waals surface area contributed by atoms with Gasteiger partial charge in [-0.3, -0.25) is 0 Å². The third kappa shape index (κ3) is 2.78. The van der Waals surface area contributed by atoms with E-state index >= 15 is 0 Å². The number of halogens is 2. The maximum Gasteiger partial charge on any atom is 0.145 e. The first-order valence-corrected chi connectivity index (χ1v) is 7.21. The van der Waals surface area contributed by atoms with Crippen LogP contribution in [0.2, 0.25) is 5.02 Å². The highest BCUT2D eigenvalue weighted by Gasteiger charge is 2.41. The largest absolute Gasteiger partial charge is 0.326 e. The number of hydrogen-bond acceptors (Lipinski definition) is 2. The topological polar surface area (TPSA) is 29.3 Å². The number of rotatable bonds is 4. The van der Waals surface area contributed by atoms with Gasteiger partial charge in [0.05, 0.1) is 5.02 Å². The van der Waals surface area contributed by atoms with Crippen molar-refractivity contribution in [2.75, 3.05) is 14.1 Å². The van der Waals surface area contributed by atoms with E-state index in [0.29, 0.717) is 12.0 Å². The molecule has 0 amide bonds. The van der Waals surface area contributed by atoms with Gasteiger partial charge >= 0.3 is 0 Å². The standard InChI is InChI=1S/C15H22ClFN2/c1-19(2)15(8-3-4-9-15)13(18)10-11-6-5-7-12(16)14(11)17/h5-7,13H,3-4,8-10,18H2,1-2H3. The van der Waals surface area contributed by atoms with Crippen molar-refractivity contribution < 1.29 is 4.39 Å². The zero-order valence-electron chi connectivity index (χ0n) is 11.6. The van der Waals surface area contributed by atoms with E-state index in [-0.39, 0.29) is 22.4 Å². The van der Waals surface area contributed by atoms with E-state index in [1.165, 1.54) is 12.8 Å². The smallest absolute Gasteiger partial charge is 0.145 e. The SMILES string of the molecule is CN(C)C1(C(N)Cc2cccc(Cl)c2F)CCCC1. The van der Waals surface area contributed by atoms with E-state index in [0.717, 1.165) is 12.8 Å². The zero-order valence-corrected chi connectivity index (χ0v) is 12.4. The van der Waals surface area contributed by atoms with Crippen molar-refractivity contribution in [3.8, 4) is 0 Å². The van der Waals surface area contributed by atoms with Gasteiger partial charge in [0.15, 0.2) is 0 Å². The van der Waals surface area contributed by atoms with Gasteiger partial charge < -0.3 is 10.6 Å². The van der Waals surface area contributed by atoms with E-state index in [1.54, 1.807) is 18.2 Å². The van der Waals surface area contributed by atoms with Gasteiger partial charge in [0.1, 0.15) is 5.82 Å². The summed E-state index contributed by atoms with van der Waals surface area (Å²) in [5.74, 6) is -0.327. The van der Waals surface area contributed by atoms with Gasteiger partial charge in [-0.25, -0.2) is 4.39 Å². The second-order valence-corrected chi connectivity index (χ2v) is 6.14. The molecule has 1 fully saturated rings. The lowest BCUT2D eigenvalue weighted by molar-refractivity contribution is 0.122. The second-order valence-electron chi connectivity index (χ2n) is 5.73. The van der Waals surface area contributed by atoms with Gasteiger partial charge in [-0.05, 0) is 45.0 Å². The Morgan fingerprint density at radius 1 is 1.37 bits per heavy atom. The fourth-order valence-corrected chi connectivity index (χ4v) is 3.46. The minimum Gasteiger partial charge on any atom is -0.326 e. The van der Waals surface area contributed by atoms with Crippen molar-refractivity contribution in [1.29, 1.82) is 0 Å². The summed E-state index contributed by atoms with van der Waals surface area (Å²) in [4.78, 5) is 2.22. The van der Waals surface area contributed by atoms with E-state index in [1.807, 2.05) is 0 Å². The molecule has 4 heteroatoms. The molecular weight excluding hydrogens is 263 g/mol. The molecule has 2 N–H and O–H groups in total. The number of hydrogen-bond donors (Lipinski definition) is 1. The van der Waals surface area contributed by atoms with E-state index in [9.17, 15) is 4.39 Å². The first-order valence-electron chi connectivity index (χ1n) is 6.83. The van der Waals surface area contributed by atoms with Crippen molar-refractivity contribution in [3.05, 3.63) is 34.6 Å². The van der Waals surface area contributed by atoms with Crippen LogP contribution in [0.25, 0.3) is 0 Å². The Labute approximate surface area is 119 Å². The average Bonchev–Trinajstić information content (AvgIpc) is 2.85. The molecule has 1 aromatic rings. The molecule has 106 valence electrons. The monoisotopic (exact) mass is 284 g/mol. The van der Waals surface area contributed by atoms with Crippen LogP contribution < -0.4 is 5.73 Å². The van der Waals surface area contributed by atoms with Crippen LogP contribution >= 0.6 is 11.6 Å². The zero-order chi connectivity index (χ0) is 14.0. The Morgan fingerprint density at radius 3 is 2.58 bits per heavy atom. The molecule has 1 saturated carbocycles. The highest BCUT2D eigenvalue weighted by Crippen LogP contribution is 2.37. The fraction of sp³-hybridized carbons (Fsp3) is 0.600. The van der Waals surface area contributed by atoms with Crippen LogP contribution in [-0.2, 0) is 6.42 Å². The third-order valence-corrected chi connectivity index (χ3v) is 4.81. The van der Waals surface area contributed by atoms with Crippen LogP contribution in [0, 0.1) is 5.82 Å². The van der Waals surface area contributed by atoms with Crippen molar-refractivity contribution >= 4 is 11.6 Å². The molecule has 1 aliphatic carbocycles. The molecule has 2 rings (SSSR count). The summed E-state index contributed by atoms with van der Waals surface area (Å²) < 4.78 is 14.0.